The van der Waals surface area contributed by atoms with Crippen LogP contribution in [0.2, 0.25) is 0 Å². The van der Waals surface area contributed by atoms with Gasteiger partial charge >= 0.3 is 0 Å². The quantitative estimate of drug-likeness (QED) is 0.771. The van der Waals surface area contributed by atoms with Crippen LogP contribution in [0.15, 0.2) is 35.4 Å². The Labute approximate surface area is 157 Å². The summed E-state index contributed by atoms with van der Waals surface area (Å²) < 4.78 is 3.42. The standard InChI is InChI=1S/C20H23N5O2/c1-6-25-13(3)10-12(2)17(20(25)27)19(26)22-16-9-7-8-15(14(16)4)18-23-21-11-24(18)5/h7-11H,6H2,1-5H3,(H,22,26). The van der Waals surface area contributed by atoms with Gasteiger partial charge in [0.15, 0.2) is 5.82 Å². The maximum atomic E-state index is 12.9. The van der Waals surface area contributed by atoms with Gasteiger partial charge in [0, 0.05) is 30.5 Å². The van der Waals surface area contributed by atoms with Crippen LogP contribution in [0, 0.1) is 20.8 Å². The number of aromatic nitrogens is 4. The molecule has 0 fully saturated rings. The molecule has 0 spiro atoms. The average Bonchev–Trinajstić information content (AvgIpc) is 3.02. The van der Waals surface area contributed by atoms with Gasteiger partial charge in [0.05, 0.1) is 0 Å². The first-order valence-electron chi connectivity index (χ1n) is 8.81. The van der Waals surface area contributed by atoms with Crippen LogP contribution >= 0.6 is 0 Å². The smallest absolute Gasteiger partial charge is 0.263 e. The molecule has 1 aromatic carbocycles. The van der Waals surface area contributed by atoms with Crippen LogP contribution in [0.1, 0.15) is 34.1 Å². The van der Waals surface area contributed by atoms with Gasteiger partial charge in [-0.1, -0.05) is 12.1 Å². The van der Waals surface area contributed by atoms with E-state index in [0.29, 0.717) is 23.6 Å². The number of nitrogens with zero attached hydrogens (tertiary/aromatic N) is 4. The number of pyridine rings is 1. The molecule has 2 aromatic heterocycles. The average molecular weight is 365 g/mol. The first-order valence-corrected chi connectivity index (χ1v) is 8.81. The topological polar surface area (TPSA) is 81.8 Å². The van der Waals surface area contributed by atoms with Gasteiger partial charge in [-0.3, -0.25) is 9.59 Å². The molecule has 1 N–H and O–H groups in total. The van der Waals surface area contributed by atoms with Crippen molar-refractivity contribution in [1.29, 1.82) is 0 Å². The molecule has 0 aliphatic heterocycles. The molecule has 0 bridgehead atoms. The SMILES string of the molecule is CCn1c(C)cc(C)c(C(=O)Nc2cccc(-c3nncn3C)c2C)c1=O. The molecule has 7 heteroatoms. The number of carbonyl (C=O) groups is 1. The summed E-state index contributed by atoms with van der Waals surface area (Å²) in [7, 11) is 1.86. The van der Waals surface area contributed by atoms with Gasteiger partial charge < -0.3 is 14.5 Å². The molecule has 1 amide bonds. The van der Waals surface area contributed by atoms with Gasteiger partial charge in [0.25, 0.3) is 11.5 Å². The second kappa shape index (κ2) is 7.19. The number of amides is 1. The molecule has 2 heterocycles. The summed E-state index contributed by atoms with van der Waals surface area (Å²) in [5.41, 5.74) is 3.80. The predicted octanol–water partition coefficient (Wildman–Crippen LogP) is 2.84. The fraction of sp³-hybridized carbons (Fsp3) is 0.300. The van der Waals surface area contributed by atoms with Crippen molar-refractivity contribution in [3.05, 3.63) is 63.3 Å². The number of rotatable bonds is 4. The number of carbonyl (C=O) groups excluding carboxylic acids is 1. The summed E-state index contributed by atoms with van der Waals surface area (Å²) in [6.07, 6.45) is 1.63. The third-order valence-electron chi connectivity index (χ3n) is 4.78. The number of nitrogens with one attached hydrogen (secondary N) is 1. The molecular weight excluding hydrogens is 342 g/mol. The minimum Gasteiger partial charge on any atom is -0.322 e. The van der Waals surface area contributed by atoms with Crippen molar-refractivity contribution < 1.29 is 4.79 Å². The van der Waals surface area contributed by atoms with Gasteiger partial charge in [-0.2, -0.15) is 0 Å². The maximum Gasteiger partial charge on any atom is 0.263 e. The van der Waals surface area contributed by atoms with E-state index >= 15 is 0 Å². The van der Waals surface area contributed by atoms with E-state index in [1.807, 2.05) is 56.7 Å². The monoisotopic (exact) mass is 365 g/mol. The zero-order chi connectivity index (χ0) is 19.7. The second-order valence-corrected chi connectivity index (χ2v) is 6.59. The van der Waals surface area contributed by atoms with E-state index in [0.717, 1.165) is 16.8 Å². The molecule has 140 valence electrons. The summed E-state index contributed by atoms with van der Waals surface area (Å²) in [6, 6.07) is 7.45. The van der Waals surface area contributed by atoms with E-state index in [-0.39, 0.29) is 11.1 Å². The van der Waals surface area contributed by atoms with E-state index in [1.165, 1.54) is 0 Å². The maximum absolute atomic E-state index is 12.9. The van der Waals surface area contributed by atoms with Crippen molar-refractivity contribution in [2.45, 2.75) is 34.2 Å². The Kier molecular flexibility index (Phi) is 4.94. The van der Waals surface area contributed by atoms with Crippen LogP contribution in [0.4, 0.5) is 5.69 Å². The molecule has 0 saturated heterocycles. The Balaban J connectivity index is 2.01. The van der Waals surface area contributed by atoms with Crippen molar-refractivity contribution in [2.24, 2.45) is 7.05 Å². The molecular formula is C20H23N5O2. The van der Waals surface area contributed by atoms with Crippen molar-refractivity contribution in [1.82, 2.24) is 19.3 Å². The van der Waals surface area contributed by atoms with Crippen molar-refractivity contribution in [3.63, 3.8) is 0 Å². The fourth-order valence-corrected chi connectivity index (χ4v) is 3.32. The van der Waals surface area contributed by atoms with E-state index in [1.54, 1.807) is 17.8 Å². The fourth-order valence-electron chi connectivity index (χ4n) is 3.32. The largest absolute Gasteiger partial charge is 0.322 e. The van der Waals surface area contributed by atoms with Crippen LogP contribution in [0.25, 0.3) is 11.4 Å². The summed E-state index contributed by atoms with van der Waals surface area (Å²) in [5.74, 6) is 0.307. The van der Waals surface area contributed by atoms with Crippen LogP contribution < -0.4 is 10.9 Å². The van der Waals surface area contributed by atoms with E-state index in [2.05, 4.69) is 15.5 Å². The molecule has 7 nitrogen and oxygen atoms in total. The third kappa shape index (κ3) is 3.28. The number of anilines is 1. The lowest BCUT2D eigenvalue weighted by atomic mass is 10.0. The lowest BCUT2D eigenvalue weighted by Crippen LogP contribution is -2.31. The molecule has 0 aliphatic carbocycles. The molecule has 0 saturated carbocycles. The number of hydrogen-bond acceptors (Lipinski definition) is 4. The van der Waals surface area contributed by atoms with Crippen molar-refractivity contribution >= 4 is 11.6 Å². The van der Waals surface area contributed by atoms with Gasteiger partial charge in [-0.15, -0.1) is 10.2 Å². The zero-order valence-electron chi connectivity index (χ0n) is 16.2. The Hall–Kier alpha value is -3.22. The van der Waals surface area contributed by atoms with Gasteiger partial charge in [-0.25, -0.2) is 0 Å². The van der Waals surface area contributed by atoms with E-state index in [4.69, 9.17) is 0 Å². The molecule has 3 rings (SSSR count). The number of benzene rings is 1. The minimum atomic E-state index is -0.405. The summed E-state index contributed by atoms with van der Waals surface area (Å²) in [4.78, 5) is 25.6. The molecule has 3 aromatic rings. The first kappa shape index (κ1) is 18.6. The minimum absolute atomic E-state index is 0.172. The highest BCUT2D eigenvalue weighted by molar-refractivity contribution is 6.05. The number of hydrogen-bond donors (Lipinski definition) is 1. The normalized spacial score (nSPS) is 10.9. The van der Waals surface area contributed by atoms with Crippen LogP contribution in [0.3, 0.4) is 0 Å². The lowest BCUT2D eigenvalue weighted by Gasteiger charge is -2.15. The van der Waals surface area contributed by atoms with Gasteiger partial charge in [0.2, 0.25) is 0 Å². The summed E-state index contributed by atoms with van der Waals surface area (Å²) >= 11 is 0. The predicted molar refractivity (Wildman–Crippen MR) is 105 cm³/mol. The Morgan fingerprint density at radius 3 is 2.59 bits per heavy atom. The summed E-state index contributed by atoms with van der Waals surface area (Å²) in [6.45, 7) is 7.97. The van der Waals surface area contributed by atoms with Crippen molar-refractivity contribution in [2.75, 3.05) is 5.32 Å². The Bertz CT molecular complexity index is 1080. The molecule has 0 aliphatic rings. The Morgan fingerprint density at radius 1 is 1.22 bits per heavy atom. The van der Waals surface area contributed by atoms with E-state index in [9.17, 15) is 9.59 Å². The highest BCUT2D eigenvalue weighted by Crippen LogP contribution is 2.27. The van der Waals surface area contributed by atoms with Gasteiger partial charge in [-0.05, 0) is 51.0 Å². The van der Waals surface area contributed by atoms with Crippen LogP contribution in [0.5, 0.6) is 0 Å². The van der Waals surface area contributed by atoms with Crippen LogP contribution in [-0.2, 0) is 13.6 Å². The first-order chi connectivity index (χ1) is 12.8. The highest BCUT2D eigenvalue weighted by atomic mass is 16.2. The summed E-state index contributed by atoms with van der Waals surface area (Å²) in [5, 5.41) is 10.9. The zero-order valence-corrected chi connectivity index (χ0v) is 16.2. The molecule has 0 radical (unpaired) electrons. The third-order valence-corrected chi connectivity index (χ3v) is 4.78. The van der Waals surface area contributed by atoms with Crippen LogP contribution in [-0.4, -0.2) is 25.2 Å². The highest BCUT2D eigenvalue weighted by Gasteiger charge is 2.19. The number of aryl methyl sites for hydroxylation is 3. The molecule has 0 unspecified atom stereocenters. The van der Waals surface area contributed by atoms with E-state index < -0.39 is 5.91 Å². The Morgan fingerprint density at radius 2 is 1.96 bits per heavy atom. The van der Waals surface area contributed by atoms with Gasteiger partial charge in [0.1, 0.15) is 11.9 Å². The molecule has 27 heavy (non-hydrogen) atoms. The second-order valence-electron chi connectivity index (χ2n) is 6.59. The molecule has 0 atom stereocenters. The lowest BCUT2D eigenvalue weighted by molar-refractivity contribution is 0.102. The van der Waals surface area contributed by atoms with Crippen molar-refractivity contribution in [3.8, 4) is 11.4 Å².